The molecule has 2 aliphatic heterocycles. The van der Waals surface area contributed by atoms with Crippen LogP contribution >= 0.6 is 0 Å². The quantitative estimate of drug-likeness (QED) is 0.208. The van der Waals surface area contributed by atoms with Crippen molar-refractivity contribution < 1.29 is 58.3 Å². The number of aliphatic hydroxyl groups excluding tert-OH is 2. The number of amides is 4. The average Bonchev–Trinajstić information content (AvgIpc) is 3.15. The number of methoxy groups -OCH3 is 1. The molecule has 2 aromatic carbocycles. The lowest BCUT2D eigenvalue weighted by Gasteiger charge is -2.35. The molecule has 0 unspecified atom stereocenters. The van der Waals surface area contributed by atoms with E-state index in [4.69, 9.17) is 9.47 Å². The molecule has 16 heteroatoms. The van der Waals surface area contributed by atoms with Gasteiger partial charge in [0.15, 0.2) is 0 Å². The van der Waals surface area contributed by atoms with Crippen molar-refractivity contribution in [2.24, 2.45) is 0 Å². The third-order valence-corrected chi connectivity index (χ3v) is 8.32. The lowest BCUT2D eigenvalue weighted by molar-refractivity contribution is -0.151. The first kappa shape index (κ1) is 42.4. The molecular weight excluding hydrogens is 692 g/mol. The number of rotatable bonds is 12. The summed E-state index contributed by atoms with van der Waals surface area (Å²) in [6, 6.07) is 18.7. The lowest BCUT2D eigenvalue weighted by atomic mass is 9.98. The summed E-state index contributed by atoms with van der Waals surface area (Å²) in [6.45, 7) is 5.64. The highest BCUT2D eigenvalue weighted by molar-refractivity contribution is 5.89. The van der Waals surface area contributed by atoms with Crippen molar-refractivity contribution >= 4 is 35.8 Å². The van der Waals surface area contributed by atoms with Gasteiger partial charge >= 0.3 is 18.2 Å². The van der Waals surface area contributed by atoms with Crippen molar-refractivity contribution in [2.75, 3.05) is 59.5 Å². The van der Waals surface area contributed by atoms with Gasteiger partial charge < -0.3 is 49.1 Å². The van der Waals surface area contributed by atoms with Crippen LogP contribution in [-0.2, 0) is 46.6 Å². The predicted molar refractivity (Wildman–Crippen MR) is 189 cm³/mol. The maximum Gasteiger partial charge on any atom is 0.410 e. The van der Waals surface area contributed by atoms with Gasteiger partial charge in [0.2, 0.25) is 0 Å². The van der Waals surface area contributed by atoms with Gasteiger partial charge in [-0.15, -0.1) is 0 Å². The zero-order valence-corrected chi connectivity index (χ0v) is 30.4. The summed E-state index contributed by atoms with van der Waals surface area (Å²) < 4.78 is 15.0. The van der Waals surface area contributed by atoms with E-state index in [9.17, 15) is 44.1 Å². The fourth-order valence-corrected chi connectivity index (χ4v) is 5.45. The molecule has 0 spiro atoms. The van der Waals surface area contributed by atoms with E-state index < -0.39 is 47.8 Å². The molecule has 0 bridgehead atoms. The van der Waals surface area contributed by atoms with Gasteiger partial charge in [-0.3, -0.25) is 19.2 Å². The largest absolute Gasteiger partial charge is 0.469 e. The van der Waals surface area contributed by atoms with Gasteiger partial charge in [0.1, 0.15) is 31.2 Å². The smallest absolute Gasteiger partial charge is 0.410 e. The zero-order valence-electron chi connectivity index (χ0n) is 30.4. The average molecular weight is 743 g/mol. The van der Waals surface area contributed by atoms with Crippen LogP contribution in [-0.4, -0.2) is 148 Å². The van der Waals surface area contributed by atoms with Gasteiger partial charge in [0, 0.05) is 65.2 Å². The van der Waals surface area contributed by atoms with Crippen LogP contribution in [0.3, 0.4) is 0 Å². The summed E-state index contributed by atoms with van der Waals surface area (Å²) >= 11 is 0. The Morgan fingerprint density at radius 1 is 0.623 bits per heavy atom. The second kappa shape index (κ2) is 20.8. The van der Waals surface area contributed by atoms with E-state index in [0.717, 1.165) is 11.1 Å². The number of carbonyl (C=O) groups excluding carboxylic acids is 6. The first-order chi connectivity index (χ1) is 25.2. The van der Waals surface area contributed by atoms with Crippen molar-refractivity contribution in [2.45, 2.75) is 64.1 Å². The minimum absolute atomic E-state index is 0.127. The van der Waals surface area contributed by atoms with Crippen LogP contribution < -0.4 is 0 Å². The summed E-state index contributed by atoms with van der Waals surface area (Å²) in [5.74, 6) is -2.11. The van der Waals surface area contributed by atoms with Crippen LogP contribution in [0.25, 0.3) is 0 Å². The van der Waals surface area contributed by atoms with Gasteiger partial charge in [-0.1, -0.05) is 60.7 Å². The van der Waals surface area contributed by atoms with E-state index >= 15 is 0 Å². The van der Waals surface area contributed by atoms with Crippen molar-refractivity contribution in [3.8, 4) is 0 Å². The van der Waals surface area contributed by atoms with Crippen LogP contribution in [0.5, 0.6) is 0 Å². The van der Waals surface area contributed by atoms with E-state index in [2.05, 4.69) is 4.74 Å². The van der Waals surface area contributed by atoms with E-state index in [-0.39, 0.29) is 64.4 Å². The molecule has 0 saturated carbocycles. The highest BCUT2D eigenvalue weighted by atomic mass is 16.6. The molecule has 53 heavy (non-hydrogen) atoms. The number of carbonyl (C=O) groups is 6. The van der Waals surface area contributed by atoms with E-state index in [0.29, 0.717) is 26.2 Å². The summed E-state index contributed by atoms with van der Waals surface area (Å²) in [4.78, 5) is 77.4. The van der Waals surface area contributed by atoms with Crippen LogP contribution in [0.1, 0.15) is 44.2 Å². The number of hydrogen-bond donors (Lipinski definition) is 3. The Kier molecular flexibility index (Phi) is 16.7. The second-order valence-electron chi connectivity index (χ2n) is 13.2. The molecule has 2 heterocycles. The molecule has 2 fully saturated rings. The highest BCUT2D eigenvalue weighted by Gasteiger charge is 2.32. The zero-order chi connectivity index (χ0) is 39.0. The SMILES string of the molecule is CC(C)(O)CC(=O)C[C@@H](O)C(=O)N1CCN(C(=O)OCc2ccccc2)CC1.COC(=O)C[C@@H](O)C(=O)N1CCN(C(=O)OCc2ccccc2)CC1. The Balaban J connectivity index is 0.000000287. The number of nitrogens with zero attached hydrogens (tertiary/aromatic N) is 4. The fourth-order valence-electron chi connectivity index (χ4n) is 5.45. The topological polar surface area (TPSA) is 204 Å². The molecule has 4 rings (SSSR count). The second-order valence-corrected chi connectivity index (χ2v) is 13.2. The first-order valence-corrected chi connectivity index (χ1v) is 17.3. The molecule has 16 nitrogen and oxygen atoms in total. The summed E-state index contributed by atoms with van der Waals surface area (Å²) in [6.07, 6.45) is -4.59. The summed E-state index contributed by atoms with van der Waals surface area (Å²) in [7, 11) is 1.19. The third-order valence-electron chi connectivity index (χ3n) is 8.32. The maximum atomic E-state index is 12.3. The van der Waals surface area contributed by atoms with Gasteiger partial charge in [0.25, 0.3) is 11.8 Å². The van der Waals surface area contributed by atoms with Crippen molar-refractivity contribution in [1.82, 2.24) is 19.6 Å². The number of hydrogen-bond acceptors (Lipinski definition) is 12. The molecule has 2 atom stereocenters. The summed E-state index contributed by atoms with van der Waals surface area (Å²) in [5.41, 5.74) is 0.616. The van der Waals surface area contributed by atoms with Crippen LogP contribution in [0.2, 0.25) is 0 Å². The Hall–Kier alpha value is -5.06. The number of ether oxygens (including phenoxy) is 3. The Morgan fingerprint density at radius 3 is 1.34 bits per heavy atom. The van der Waals surface area contributed by atoms with E-state index in [1.165, 1.54) is 40.6 Å². The Labute approximate surface area is 308 Å². The number of aliphatic hydroxyl groups is 3. The normalized spacial score (nSPS) is 15.7. The van der Waals surface area contributed by atoms with Crippen molar-refractivity contribution in [3.63, 3.8) is 0 Å². The molecule has 2 aromatic rings. The molecule has 0 aliphatic carbocycles. The van der Waals surface area contributed by atoms with Crippen LogP contribution in [0.4, 0.5) is 9.59 Å². The van der Waals surface area contributed by atoms with Gasteiger partial charge in [-0.05, 0) is 25.0 Å². The Bertz CT molecular complexity index is 1500. The fraction of sp³-hybridized carbons (Fsp3) is 0.514. The first-order valence-electron chi connectivity index (χ1n) is 17.3. The minimum Gasteiger partial charge on any atom is -0.469 e. The maximum absolute atomic E-state index is 12.3. The molecule has 3 N–H and O–H groups in total. The number of ketones is 1. The monoisotopic (exact) mass is 742 g/mol. The molecular formula is C37H50N4O12. The predicted octanol–water partition coefficient (Wildman–Crippen LogP) is 1.34. The van der Waals surface area contributed by atoms with Gasteiger partial charge in [-0.2, -0.15) is 0 Å². The van der Waals surface area contributed by atoms with E-state index in [1.54, 1.807) is 0 Å². The molecule has 0 aromatic heterocycles. The highest BCUT2D eigenvalue weighted by Crippen LogP contribution is 2.14. The molecule has 290 valence electrons. The van der Waals surface area contributed by atoms with Crippen LogP contribution in [0, 0.1) is 0 Å². The van der Waals surface area contributed by atoms with Crippen molar-refractivity contribution in [1.29, 1.82) is 0 Å². The molecule has 2 aliphatic rings. The molecule has 4 amide bonds. The third kappa shape index (κ3) is 14.8. The van der Waals surface area contributed by atoms with Gasteiger partial charge in [-0.25, -0.2) is 9.59 Å². The molecule has 2 saturated heterocycles. The molecule has 0 radical (unpaired) electrons. The number of piperazine rings is 2. The van der Waals surface area contributed by atoms with Crippen LogP contribution in [0.15, 0.2) is 60.7 Å². The minimum atomic E-state index is -1.44. The van der Waals surface area contributed by atoms with Crippen molar-refractivity contribution in [3.05, 3.63) is 71.8 Å². The summed E-state index contributed by atoms with van der Waals surface area (Å²) in [5, 5.41) is 29.4. The van der Waals surface area contributed by atoms with E-state index in [1.807, 2.05) is 60.7 Å². The standard InChI is InChI=1S/C20H28N2O6.C17H22N2O6/c1-20(2,27)13-16(23)12-17(24)18(25)21-8-10-22(11-9-21)19(26)28-14-15-6-4-3-5-7-15;1-24-15(21)11-14(20)16(22)18-7-9-19(10-8-18)17(23)25-12-13-5-3-2-4-6-13/h3-7,17,24,27H,8-14H2,1-2H3;2-6,14,20H,7-12H2,1H3/t17-;14-/m11/s1. The number of benzene rings is 2. The Morgan fingerprint density at radius 2 is 0.981 bits per heavy atom. The number of Topliss-reactive ketones (excluding diaryl/α,β-unsaturated/α-hetero) is 1. The lowest BCUT2D eigenvalue weighted by Crippen LogP contribution is -2.53. The number of esters is 1. The van der Waals surface area contributed by atoms with Gasteiger partial charge in [0.05, 0.1) is 19.1 Å².